The molecule has 0 aromatic rings. The van der Waals surface area contributed by atoms with Gasteiger partial charge in [-0.15, -0.1) is 0 Å². The number of Topliss-reactive ketones (excluding diaryl/α,β-unsaturated/α-hetero) is 2. The van der Waals surface area contributed by atoms with E-state index < -0.39 is 0 Å². The second kappa shape index (κ2) is 1.79. The maximum Gasteiger partial charge on any atom is 0.144 e. The van der Waals surface area contributed by atoms with Crippen LogP contribution in [0.3, 0.4) is 0 Å². The summed E-state index contributed by atoms with van der Waals surface area (Å²) in [7, 11) is 0. The van der Waals surface area contributed by atoms with Gasteiger partial charge in [-0.25, -0.2) is 0 Å². The lowest BCUT2D eigenvalue weighted by atomic mass is 9.50. The molecule has 2 atom stereocenters. The largest absolute Gasteiger partial charge is 0.299 e. The highest BCUT2D eigenvalue weighted by Crippen LogP contribution is 2.73. The van der Waals surface area contributed by atoms with Crippen LogP contribution in [0.25, 0.3) is 0 Å². The van der Waals surface area contributed by atoms with Crippen LogP contribution in [0.5, 0.6) is 0 Å². The van der Waals surface area contributed by atoms with Gasteiger partial charge in [-0.05, 0) is 19.3 Å². The molecule has 0 saturated heterocycles. The summed E-state index contributed by atoms with van der Waals surface area (Å²) in [5.74, 6) is 0.611. The third-order valence-electron chi connectivity index (χ3n) is 4.45. The van der Waals surface area contributed by atoms with Crippen molar-refractivity contribution in [1.29, 1.82) is 0 Å². The Labute approximate surface area is 77.0 Å². The van der Waals surface area contributed by atoms with Gasteiger partial charge in [0.05, 0.1) is 5.41 Å². The number of ketones is 2. The highest BCUT2D eigenvalue weighted by Gasteiger charge is 2.74. The van der Waals surface area contributed by atoms with Crippen LogP contribution >= 0.6 is 0 Å². The van der Waals surface area contributed by atoms with E-state index in [1.54, 1.807) is 0 Å². The zero-order valence-corrected chi connectivity index (χ0v) is 7.56. The molecule has 0 heterocycles. The van der Waals surface area contributed by atoms with Gasteiger partial charge in [0, 0.05) is 18.3 Å². The Morgan fingerprint density at radius 2 is 1.77 bits per heavy atom. The molecule has 68 valence electrons. The van der Waals surface area contributed by atoms with E-state index in [9.17, 15) is 9.59 Å². The Balaban J connectivity index is 2.22. The molecule has 0 aromatic heterocycles. The van der Waals surface area contributed by atoms with Gasteiger partial charge in [0.15, 0.2) is 0 Å². The molecule has 2 heteroatoms. The normalized spacial score (nSPS) is 47.5. The van der Waals surface area contributed by atoms with Gasteiger partial charge in [-0.2, -0.15) is 0 Å². The van der Waals surface area contributed by atoms with E-state index in [4.69, 9.17) is 0 Å². The van der Waals surface area contributed by atoms with Gasteiger partial charge in [0.2, 0.25) is 0 Å². The Morgan fingerprint density at radius 1 is 1.08 bits per heavy atom. The Hall–Kier alpha value is -0.920. The van der Waals surface area contributed by atoms with Crippen LogP contribution in [0.2, 0.25) is 0 Å². The minimum absolute atomic E-state index is 0.263. The van der Waals surface area contributed by atoms with Crippen LogP contribution in [0, 0.1) is 10.8 Å². The van der Waals surface area contributed by atoms with Crippen molar-refractivity contribution in [3.63, 3.8) is 0 Å². The first-order chi connectivity index (χ1) is 6.13. The molecule has 3 aliphatic carbocycles. The van der Waals surface area contributed by atoms with E-state index in [2.05, 4.69) is 6.58 Å². The highest BCUT2D eigenvalue weighted by atomic mass is 16.1. The monoisotopic (exact) mass is 176 g/mol. The van der Waals surface area contributed by atoms with Gasteiger partial charge in [-0.1, -0.05) is 12.2 Å². The average Bonchev–Trinajstić information content (AvgIpc) is 2.44. The molecule has 2 unspecified atom stereocenters. The maximum atomic E-state index is 11.8. The van der Waals surface area contributed by atoms with Crippen molar-refractivity contribution in [2.75, 3.05) is 0 Å². The molecule has 0 amide bonds. The molecule has 0 aliphatic heterocycles. The van der Waals surface area contributed by atoms with Crippen LogP contribution in [-0.4, -0.2) is 11.6 Å². The summed E-state index contributed by atoms with van der Waals surface area (Å²) in [6.07, 6.45) is 3.54. The molecule has 3 saturated carbocycles. The molecule has 13 heavy (non-hydrogen) atoms. The molecule has 3 rings (SSSR count). The van der Waals surface area contributed by atoms with Crippen molar-refractivity contribution >= 4 is 11.6 Å². The third-order valence-corrected chi connectivity index (χ3v) is 4.45. The second-order valence-corrected chi connectivity index (χ2v) is 4.61. The van der Waals surface area contributed by atoms with E-state index in [1.165, 1.54) is 0 Å². The summed E-state index contributed by atoms with van der Waals surface area (Å²) in [4.78, 5) is 23.5. The Morgan fingerprint density at radius 3 is 2.38 bits per heavy atom. The molecule has 2 nitrogen and oxygen atoms in total. The lowest BCUT2D eigenvalue weighted by molar-refractivity contribution is -0.139. The zero-order valence-electron chi connectivity index (χ0n) is 7.56. The maximum absolute atomic E-state index is 11.8. The van der Waals surface area contributed by atoms with E-state index >= 15 is 0 Å². The van der Waals surface area contributed by atoms with Crippen molar-refractivity contribution in [3.05, 3.63) is 12.2 Å². The lowest BCUT2D eigenvalue weighted by Crippen LogP contribution is -2.51. The van der Waals surface area contributed by atoms with Crippen molar-refractivity contribution in [2.45, 2.75) is 32.1 Å². The molecule has 0 N–H and O–H groups in total. The van der Waals surface area contributed by atoms with Crippen molar-refractivity contribution in [1.82, 2.24) is 0 Å². The van der Waals surface area contributed by atoms with Crippen LogP contribution < -0.4 is 0 Å². The summed E-state index contributed by atoms with van der Waals surface area (Å²) >= 11 is 0. The predicted octanol–water partition coefficient (Wildman–Crippen LogP) is 1.64. The summed E-state index contributed by atoms with van der Waals surface area (Å²) in [5.41, 5.74) is 0.395. The molecular formula is C11H12O2. The first kappa shape index (κ1) is 7.48. The number of allylic oxidation sites excluding steroid dienone is 1. The van der Waals surface area contributed by atoms with E-state index in [-0.39, 0.29) is 16.6 Å². The fourth-order valence-corrected chi connectivity index (χ4v) is 3.78. The smallest absolute Gasteiger partial charge is 0.144 e. The topological polar surface area (TPSA) is 34.1 Å². The van der Waals surface area contributed by atoms with E-state index in [0.717, 1.165) is 24.8 Å². The summed E-state index contributed by atoms with van der Waals surface area (Å²) in [5, 5.41) is 0. The first-order valence-corrected chi connectivity index (χ1v) is 4.88. The van der Waals surface area contributed by atoms with Gasteiger partial charge >= 0.3 is 0 Å². The van der Waals surface area contributed by atoms with Gasteiger partial charge in [0.25, 0.3) is 0 Å². The molecular weight excluding hydrogens is 164 g/mol. The Kier molecular flexibility index (Phi) is 1.03. The molecule has 0 spiro atoms. The van der Waals surface area contributed by atoms with Crippen LogP contribution in [0.1, 0.15) is 32.1 Å². The van der Waals surface area contributed by atoms with Crippen LogP contribution in [0.15, 0.2) is 12.2 Å². The number of rotatable bonds is 0. The first-order valence-electron chi connectivity index (χ1n) is 4.88. The summed E-state index contributed by atoms with van der Waals surface area (Å²) < 4.78 is 0. The number of carbonyl (C=O) groups excluding carboxylic acids is 2. The highest BCUT2D eigenvalue weighted by molar-refractivity contribution is 6.06. The van der Waals surface area contributed by atoms with Crippen molar-refractivity contribution in [2.24, 2.45) is 10.8 Å². The third kappa shape index (κ3) is 0.492. The molecule has 0 bridgehead atoms. The summed E-state index contributed by atoms with van der Waals surface area (Å²) in [6, 6.07) is 0. The minimum atomic E-state index is -0.371. The number of hydrogen-bond acceptors (Lipinski definition) is 2. The lowest BCUT2D eigenvalue weighted by Gasteiger charge is -2.50. The van der Waals surface area contributed by atoms with Crippen molar-refractivity contribution < 1.29 is 9.59 Å². The average molecular weight is 176 g/mol. The standard InChI is InChI=1S/C11H12O2/c1-7-6-10-4-2-9(13)11(7,10)5-3-8(10)12/h1-6H2. The number of hydrogen-bond donors (Lipinski definition) is 0. The van der Waals surface area contributed by atoms with E-state index in [1.807, 2.05) is 0 Å². The number of carbonyl (C=O) groups is 2. The fraction of sp³-hybridized carbons (Fsp3) is 0.636. The summed E-state index contributed by atoms with van der Waals surface area (Å²) in [6.45, 7) is 3.94. The Bertz CT molecular complexity index is 355. The van der Waals surface area contributed by atoms with E-state index in [0.29, 0.717) is 18.6 Å². The fourth-order valence-electron chi connectivity index (χ4n) is 3.78. The van der Waals surface area contributed by atoms with Crippen LogP contribution in [0.4, 0.5) is 0 Å². The van der Waals surface area contributed by atoms with Crippen LogP contribution in [-0.2, 0) is 9.59 Å². The predicted molar refractivity (Wildman–Crippen MR) is 47.1 cm³/mol. The van der Waals surface area contributed by atoms with Gasteiger partial charge in [-0.3, -0.25) is 9.59 Å². The molecule has 3 fully saturated rings. The van der Waals surface area contributed by atoms with Gasteiger partial charge < -0.3 is 0 Å². The quantitative estimate of drug-likeness (QED) is 0.526. The molecule has 3 aliphatic rings. The molecule has 0 aromatic carbocycles. The molecule has 0 radical (unpaired) electrons. The second-order valence-electron chi connectivity index (χ2n) is 4.61. The minimum Gasteiger partial charge on any atom is -0.299 e. The van der Waals surface area contributed by atoms with Crippen molar-refractivity contribution in [3.8, 4) is 0 Å². The van der Waals surface area contributed by atoms with Gasteiger partial charge in [0.1, 0.15) is 11.6 Å². The SMILES string of the molecule is C=C1CC23CCC(=O)C12CCC3=O. The zero-order chi connectivity index (χ0) is 9.27.